The van der Waals surface area contributed by atoms with Gasteiger partial charge in [-0.25, -0.2) is 4.98 Å². The number of H-pyrrole nitrogens is 1. The summed E-state index contributed by atoms with van der Waals surface area (Å²) in [5, 5.41) is 1.05. The lowest BCUT2D eigenvalue weighted by Gasteiger charge is -2.06. The number of aromatic amines is 1. The standard InChI is InChI=1S/C15H13N3O/c1-2-12-14(17-9-18-15(12)19)11-5-6-13-10(8-11)4-3-7-16-13/h3-9H,2H2,1H3,(H,17,18,19). The highest BCUT2D eigenvalue weighted by Gasteiger charge is 2.09. The van der Waals surface area contributed by atoms with Crippen LogP contribution in [-0.2, 0) is 6.42 Å². The Kier molecular flexibility index (Phi) is 2.83. The molecule has 0 radical (unpaired) electrons. The predicted molar refractivity (Wildman–Crippen MR) is 75.0 cm³/mol. The lowest BCUT2D eigenvalue weighted by molar-refractivity contribution is 1.01. The van der Waals surface area contributed by atoms with Crippen molar-refractivity contribution in [2.45, 2.75) is 13.3 Å². The minimum Gasteiger partial charge on any atom is -0.313 e. The van der Waals surface area contributed by atoms with Gasteiger partial charge in [0.2, 0.25) is 0 Å². The van der Waals surface area contributed by atoms with Gasteiger partial charge >= 0.3 is 0 Å². The molecule has 0 spiro atoms. The average molecular weight is 251 g/mol. The minimum absolute atomic E-state index is 0.0706. The van der Waals surface area contributed by atoms with E-state index in [1.807, 2.05) is 37.3 Å². The fourth-order valence-electron chi connectivity index (χ4n) is 2.23. The Morgan fingerprint density at radius 3 is 2.95 bits per heavy atom. The van der Waals surface area contributed by atoms with Crippen molar-refractivity contribution in [2.75, 3.05) is 0 Å². The van der Waals surface area contributed by atoms with Crippen LogP contribution >= 0.6 is 0 Å². The van der Waals surface area contributed by atoms with Gasteiger partial charge in [0.25, 0.3) is 5.56 Å². The Balaban J connectivity index is 2.25. The first-order chi connectivity index (χ1) is 9.29. The smallest absolute Gasteiger partial charge is 0.254 e. The topological polar surface area (TPSA) is 58.6 Å². The van der Waals surface area contributed by atoms with Crippen LogP contribution in [0.4, 0.5) is 0 Å². The van der Waals surface area contributed by atoms with Gasteiger partial charge in [-0.3, -0.25) is 9.78 Å². The third-order valence-corrected chi connectivity index (χ3v) is 3.18. The van der Waals surface area contributed by atoms with Gasteiger partial charge < -0.3 is 4.98 Å². The van der Waals surface area contributed by atoms with E-state index in [1.165, 1.54) is 6.33 Å². The summed E-state index contributed by atoms with van der Waals surface area (Å²) in [6.45, 7) is 1.96. The lowest BCUT2D eigenvalue weighted by atomic mass is 10.0. The summed E-state index contributed by atoms with van der Waals surface area (Å²) in [6, 6.07) is 9.83. The molecule has 1 N–H and O–H groups in total. The number of fused-ring (bicyclic) bond motifs is 1. The number of hydrogen-bond acceptors (Lipinski definition) is 3. The predicted octanol–water partition coefficient (Wildman–Crippen LogP) is 2.55. The molecule has 0 fully saturated rings. The van der Waals surface area contributed by atoms with Crippen molar-refractivity contribution in [3.8, 4) is 11.3 Å². The van der Waals surface area contributed by atoms with E-state index in [4.69, 9.17) is 0 Å². The quantitative estimate of drug-likeness (QED) is 0.761. The van der Waals surface area contributed by atoms with E-state index in [-0.39, 0.29) is 5.56 Å². The van der Waals surface area contributed by atoms with Crippen LogP contribution in [0, 0.1) is 0 Å². The molecular formula is C15H13N3O. The van der Waals surface area contributed by atoms with Crippen LogP contribution in [0.3, 0.4) is 0 Å². The van der Waals surface area contributed by atoms with Crippen LogP contribution < -0.4 is 5.56 Å². The first-order valence-electron chi connectivity index (χ1n) is 6.21. The van der Waals surface area contributed by atoms with Crippen LogP contribution in [0.25, 0.3) is 22.2 Å². The molecule has 0 unspecified atom stereocenters. The number of hydrogen-bond donors (Lipinski definition) is 1. The monoisotopic (exact) mass is 251 g/mol. The van der Waals surface area contributed by atoms with Crippen molar-refractivity contribution in [2.24, 2.45) is 0 Å². The van der Waals surface area contributed by atoms with Gasteiger partial charge in [-0.05, 0) is 24.6 Å². The molecule has 3 rings (SSSR count). The largest absolute Gasteiger partial charge is 0.313 e. The molecule has 0 saturated heterocycles. The molecular weight excluding hydrogens is 238 g/mol. The van der Waals surface area contributed by atoms with E-state index < -0.39 is 0 Å². The SMILES string of the molecule is CCc1c(-c2ccc3ncccc3c2)nc[nH]c1=O. The summed E-state index contributed by atoms with van der Waals surface area (Å²) in [5.74, 6) is 0. The highest BCUT2D eigenvalue weighted by Crippen LogP contribution is 2.23. The average Bonchev–Trinajstić information content (AvgIpc) is 2.46. The zero-order valence-corrected chi connectivity index (χ0v) is 10.6. The molecule has 0 aliphatic heterocycles. The van der Waals surface area contributed by atoms with Gasteiger partial charge in [-0.1, -0.05) is 19.1 Å². The number of nitrogens with one attached hydrogen (secondary N) is 1. The Labute approximate surface area is 110 Å². The van der Waals surface area contributed by atoms with Crippen LogP contribution in [0.1, 0.15) is 12.5 Å². The van der Waals surface area contributed by atoms with Crippen molar-refractivity contribution in [1.29, 1.82) is 0 Å². The zero-order chi connectivity index (χ0) is 13.2. The summed E-state index contributed by atoms with van der Waals surface area (Å²) < 4.78 is 0. The Morgan fingerprint density at radius 1 is 1.21 bits per heavy atom. The summed E-state index contributed by atoms with van der Waals surface area (Å²) in [4.78, 5) is 23.0. The highest BCUT2D eigenvalue weighted by molar-refractivity contribution is 5.84. The normalized spacial score (nSPS) is 10.8. The van der Waals surface area contributed by atoms with Crippen molar-refractivity contribution in [1.82, 2.24) is 15.0 Å². The molecule has 2 aromatic heterocycles. The van der Waals surface area contributed by atoms with E-state index in [9.17, 15) is 4.79 Å². The Hall–Kier alpha value is -2.49. The number of nitrogens with zero attached hydrogens (tertiary/aromatic N) is 2. The number of aromatic nitrogens is 3. The first kappa shape index (κ1) is 11.6. The Bertz CT molecular complexity index is 792. The van der Waals surface area contributed by atoms with Crippen molar-refractivity contribution >= 4 is 10.9 Å². The summed E-state index contributed by atoms with van der Waals surface area (Å²) in [6.07, 6.45) is 3.87. The van der Waals surface area contributed by atoms with Crippen molar-refractivity contribution in [3.63, 3.8) is 0 Å². The van der Waals surface area contributed by atoms with Gasteiger partial charge in [-0.2, -0.15) is 0 Å². The molecule has 3 aromatic rings. The van der Waals surface area contributed by atoms with Gasteiger partial charge in [-0.15, -0.1) is 0 Å². The number of benzene rings is 1. The molecule has 0 amide bonds. The lowest BCUT2D eigenvalue weighted by Crippen LogP contribution is -2.14. The number of rotatable bonds is 2. The van der Waals surface area contributed by atoms with Gasteiger partial charge in [0.1, 0.15) is 0 Å². The molecule has 0 aliphatic carbocycles. The van der Waals surface area contributed by atoms with E-state index >= 15 is 0 Å². The molecule has 19 heavy (non-hydrogen) atoms. The molecule has 0 aliphatic rings. The van der Waals surface area contributed by atoms with Crippen LogP contribution in [0.15, 0.2) is 47.7 Å². The van der Waals surface area contributed by atoms with E-state index in [2.05, 4.69) is 15.0 Å². The molecule has 4 nitrogen and oxygen atoms in total. The van der Waals surface area contributed by atoms with Gasteiger partial charge in [0.15, 0.2) is 0 Å². The second kappa shape index (κ2) is 4.65. The minimum atomic E-state index is -0.0706. The highest BCUT2D eigenvalue weighted by atomic mass is 16.1. The summed E-state index contributed by atoms with van der Waals surface area (Å²) in [7, 11) is 0. The van der Waals surface area contributed by atoms with Crippen molar-refractivity contribution in [3.05, 3.63) is 58.8 Å². The van der Waals surface area contributed by atoms with Crippen LogP contribution in [0.5, 0.6) is 0 Å². The molecule has 1 aromatic carbocycles. The molecule has 0 atom stereocenters. The fourth-order valence-corrected chi connectivity index (χ4v) is 2.23. The second-order valence-electron chi connectivity index (χ2n) is 4.32. The third-order valence-electron chi connectivity index (χ3n) is 3.18. The maximum atomic E-state index is 11.8. The van der Waals surface area contributed by atoms with Gasteiger partial charge in [0, 0.05) is 22.7 Å². The zero-order valence-electron chi connectivity index (χ0n) is 10.6. The maximum absolute atomic E-state index is 11.8. The molecule has 0 saturated carbocycles. The number of pyridine rings is 1. The first-order valence-corrected chi connectivity index (χ1v) is 6.21. The fraction of sp³-hybridized carbons (Fsp3) is 0.133. The van der Waals surface area contributed by atoms with E-state index in [0.29, 0.717) is 12.0 Å². The molecule has 2 heterocycles. The summed E-state index contributed by atoms with van der Waals surface area (Å²) in [5.41, 5.74) is 3.28. The third kappa shape index (κ3) is 2.01. The van der Waals surface area contributed by atoms with Crippen molar-refractivity contribution < 1.29 is 0 Å². The van der Waals surface area contributed by atoms with Crippen LogP contribution in [-0.4, -0.2) is 15.0 Å². The molecule has 0 bridgehead atoms. The van der Waals surface area contributed by atoms with E-state index in [0.717, 1.165) is 22.2 Å². The molecule has 4 heteroatoms. The Morgan fingerprint density at radius 2 is 2.11 bits per heavy atom. The van der Waals surface area contributed by atoms with E-state index in [1.54, 1.807) is 6.20 Å². The summed E-state index contributed by atoms with van der Waals surface area (Å²) >= 11 is 0. The maximum Gasteiger partial charge on any atom is 0.254 e. The van der Waals surface area contributed by atoms with Gasteiger partial charge in [0.05, 0.1) is 17.5 Å². The van der Waals surface area contributed by atoms with Crippen LogP contribution in [0.2, 0.25) is 0 Å². The second-order valence-corrected chi connectivity index (χ2v) is 4.32. The molecule has 94 valence electrons.